The number of hydrazine groups is 1. The molecule has 2 aromatic carbocycles. The Labute approximate surface area is 168 Å². The van der Waals surface area contributed by atoms with Crippen LogP contribution in [0, 0.1) is 0 Å². The highest BCUT2D eigenvalue weighted by molar-refractivity contribution is 5.96. The number of benzene rings is 2. The average molecular weight is 400 g/mol. The van der Waals surface area contributed by atoms with Crippen molar-refractivity contribution in [3.05, 3.63) is 59.7 Å². The van der Waals surface area contributed by atoms with Crippen LogP contribution in [0.4, 0.5) is 4.79 Å². The summed E-state index contributed by atoms with van der Waals surface area (Å²) in [6.07, 6.45) is 0. The molecule has 4 amide bonds. The van der Waals surface area contributed by atoms with Crippen LogP contribution in [0.15, 0.2) is 48.5 Å². The first-order chi connectivity index (χ1) is 14.0. The number of methoxy groups -OCH3 is 1. The minimum Gasteiger partial charge on any atom is -0.493 e. The van der Waals surface area contributed by atoms with E-state index >= 15 is 0 Å². The van der Waals surface area contributed by atoms with Gasteiger partial charge in [-0.05, 0) is 30.7 Å². The fourth-order valence-electron chi connectivity index (χ4n) is 2.33. The van der Waals surface area contributed by atoms with E-state index in [9.17, 15) is 14.4 Å². The van der Waals surface area contributed by atoms with Crippen LogP contribution in [-0.2, 0) is 11.3 Å². The summed E-state index contributed by atoms with van der Waals surface area (Å²) in [7, 11) is 1.47. The molecule has 4 N–H and O–H groups in total. The molecule has 0 saturated carbocycles. The van der Waals surface area contributed by atoms with E-state index < -0.39 is 17.8 Å². The average Bonchev–Trinajstić information content (AvgIpc) is 2.75. The van der Waals surface area contributed by atoms with E-state index in [1.807, 2.05) is 37.3 Å². The largest absolute Gasteiger partial charge is 0.493 e. The van der Waals surface area contributed by atoms with Crippen LogP contribution in [0.25, 0.3) is 0 Å². The monoisotopic (exact) mass is 400 g/mol. The van der Waals surface area contributed by atoms with Crippen LogP contribution in [-0.4, -0.2) is 38.1 Å². The Morgan fingerprint density at radius 3 is 2.38 bits per heavy atom. The van der Waals surface area contributed by atoms with Gasteiger partial charge in [-0.2, -0.15) is 0 Å². The Balaban J connectivity index is 1.74. The predicted octanol–water partition coefficient (Wildman–Crippen LogP) is 1.35. The molecule has 0 unspecified atom stereocenters. The molecule has 0 spiro atoms. The molecule has 0 saturated heterocycles. The van der Waals surface area contributed by atoms with Crippen LogP contribution >= 0.6 is 0 Å². The Hall–Kier alpha value is -3.75. The van der Waals surface area contributed by atoms with Crippen molar-refractivity contribution in [1.29, 1.82) is 0 Å². The lowest BCUT2D eigenvalue weighted by Crippen LogP contribution is -2.47. The Kier molecular flexibility index (Phi) is 8.30. The Bertz CT molecular complexity index is 842. The first kappa shape index (κ1) is 21.5. The number of hydrogen-bond acceptors (Lipinski definition) is 5. The number of amides is 4. The molecule has 29 heavy (non-hydrogen) atoms. The maximum atomic E-state index is 12.2. The van der Waals surface area contributed by atoms with Gasteiger partial charge >= 0.3 is 6.03 Å². The summed E-state index contributed by atoms with van der Waals surface area (Å²) < 4.78 is 10.6. The number of nitrogens with one attached hydrogen (secondary N) is 4. The lowest BCUT2D eigenvalue weighted by atomic mass is 10.2. The molecule has 0 aliphatic carbocycles. The quantitative estimate of drug-likeness (QED) is 0.499. The highest BCUT2D eigenvalue weighted by Crippen LogP contribution is 2.27. The second-order valence-corrected chi connectivity index (χ2v) is 5.82. The van der Waals surface area contributed by atoms with Gasteiger partial charge in [0.15, 0.2) is 11.5 Å². The summed E-state index contributed by atoms with van der Waals surface area (Å²) in [5, 5.41) is 5.04. The van der Waals surface area contributed by atoms with Crippen LogP contribution in [0.5, 0.6) is 11.5 Å². The fourth-order valence-corrected chi connectivity index (χ4v) is 2.33. The third kappa shape index (κ3) is 7.06. The molecule has 0 aliphatic rings. The molecule has 0 bridgehead atoms. The van der Waals surface area contributed by atoms with E-state index in [4.69, 9.17) is 9.47 Å². The van der Waals surface area contributed by atoms with Crippen molar-refractivity contribution in [1.82, 2.24) is 21.5 Å². The number of hydrogen-bond donors (Lipinski definition) is 4. The Morgan fingerprint density at radius 2 is 1.69 bits per heavy atom. The molecule has 0 atom stereocenters. The topological polar surface area (TPSA) is 118 Å². The van der Waals surface area contributed by atoms with Crippen molar-refractivity contribution in [2.75, 3.05) is 20.3 Å². The van der Waals surface area contributed by atoms with Gasteiger partial charge in [-0.15, -0.1) is 0 Å². The molecule has 2 rings (SSSR count). The van der Waals surface area contributed by atoms with Gasteiger partial charge in [0.05, 0.1) is 13.7 Å². The molecular formula is C20H24N4O5. The molecule has 9 heteroatoms. The number of ether oxygens (including phenoxy) is 2. The second kappa shape index (κ2) is 11.2. The van der Waals surface area contributed by atoms with E-state index in [1.54, 1.807) is 12.1 Å². The number of carbonyl (C=O) groups excluding carboxylic acids is 3. The van der Waals surface area contributed by atoms with Gasteiger partial charge in [0.2, 0.25) is 0 Å². The van der Waals surface area contributed by atoms with E-state index in [2.05, 4.69) is 21.5 Å². The first-order valence-corrected chi connectivity index (χ1v) is 8.99. The van der Waals surface area contributed by atoms with Crippen molar-refractivity contribution in [2.45, 2.75) is 13.5 Å². The summed E-state index contributed by atoms with van der Waals surface area (Å²) in [6, 6.07) is 13.5. The SMILES string of the molecule is CCOc1ccc(C(=O)NNC(=O)CNC(=O)NCc2ccccc2)cc1OC. The summed E-state index contributed by atoms with van der Waals surface area (Å²) in [5.74, 6) is -0.191. The zero-order valence-electron chi connectivity index (χ0n) is 16.3. The molecule has 0 fully saturated rings. The minimum absolute atomic E-state index is 0.277. The van der Waals surface area contributed by atoms with Gasteiger partial charge < -0.3 is 20.1 Å². The van der Waals surface area contributed by atoms with Gasteiger partial charge in [-0.1, -0.05) is 30.3 Å². The van der Waals surface area contributed by atoms with Crippen molar-refractivity contribution in [3.8, 4) is 11.5 Å². The summed E-state index contributed by atoms with van der Waals surface area (Å²) in [5.41, 5.74) is 5.72. The predicted molar refractivity (Wildman–Crippen MR) is 106 cm³/mol. The maximum Gasteiger partial charge on any atom is 0.315 e. The van der Waals surface area contributed by atoms with Gasteiger partial charge in [0, 0.05) is 12.1 Å². The first-order valence-electron chi connectivity index (χ1n) is 8.99. The van der Waals surface area contributed by atoms with Gasteiger partial charge in [0.25, 0.3) is 11.8 Å². The van der Waals surface area contributed by atoms with Gasteiger partial charge in [0.1, 0.15) is 6.54 Å². The highest BCUT2D eigenvalue weighted by Gasteiger charge is 2.12. The van der Waals surface area contributed by atoms with Crippen molar-refractivity contribution in [2.24, 2.45) is 0 Å². The zero-order chi connectivity index (χ0) is 21.1. The molecule has 2 aromatic rings. The summed E-state index contributed by atoms with van der Waals surface area (Å²) >= 11 is 0. The fraction of sp³-hybridized carbons (Fsp3) is 0.250. The third-order valence-electron chi connectivity index (χ3n) is 3.75. The molecule has 9 nitrogen and oxygen atoms in total. The van der Waals surface area contributed by atoms with Crippen LogP contribution in [0.2, 0.25) is 0 Å². The van der Waals surface area contributed by atoms with E-state index in [0.29, 0.717) is 24.7 Å². The van der Waals surface area contributed by atoms with Gasteiger partial charge in [-0.25, -0.2) is 4.79 Å². The van der Waals surface area contributed by atoms with Crippen molar-refractivity contribution in [3.63, 3.8) is 0 Å². The molecule has 0 heterocycles. The smallest absolute Gasteiger partial charge is 0.315 e. The van der Waals surface area contributed by atoms with Crippen LogP contribution < -0.4 is 31.0 Å². The standard InChI is InChI=1S/C20H24N4O5/c1-3-29-16-10-9-15(11-17(16)28-2)19(26)24-23-18(25)13-22-20(27)21-12-14-7-5-4-6-8-14/h4-11H,3,12-13H2,1-2H3,(H,23,25)(H,24,26)(H2,21,22,27). The molecular weight excluding hydrogens is 376 g/mol. The molecule has 0 radical (unpaired) electrons. The lowest BCUT2D eigenvalue weighted by Gasteiger charge is -2.12. The van der Waals surface area contributed by atoms with E-state index in [-0.39, 0.29) is 12.1 Å². The maximum absolute atomic E-state index is 12.2. The van der Waals surface area contributed by atoms with E-state index in [1.165, 1.54) is 13.2 Å². The Morgan fingerprint density at radius 1 is 0.931 bits per heavy atom. The van der Waals surface area contributed by atoms with E-state index in [0.717, 1.165) is 5.56 Å². The zero-order valence-corrected chi connectivity index (χ0v) is 16.3. The van der Waals surface area contributed by atoms with Crippen LogP contribution in [0.1, 0.15) is 22.8 Å². The highest BCUT2D eigenvalue weighted by atomic mass is 16.5. The van der Waals surface area contributed by atoms with Gasteiger partial charge in [-0.3, -0.25) is 20.4 Å². The second-order valence-electron chi connectivity index (χ2n) is 5.82. The summed E-state index contributed by atoms with van der Waals surface area (Å²) in [4.78, 5) is 35.7. The molecule has 154 valence electrons. The van der Waals surface area contributed by atoms with Crippen LogP contribution in [0.3, 0.4) is 0 Å². The lowest BCUT2D eigenvalue weighted by molar-refractivity contribution is -0.120. The number of carbonyl (C=O) groups is 3. The van der Waals surface area contributed by atoms with Crippen molar-refractivity contribution >= 4 is 17.8 Å². The molecule has 0 aromatic heterocycles. The van der Waals surface area contributed by atoms with Crippen molar-refractivity contribution < 1.29 is 23.9 Å². The normalized spacial score (nSPS) is 9.86. The number of urea groups is 1. The number of rotatable bonds is 8. The third-order valence-corrected chi connectivity index (χ3v) is 3.75. The summed E-state index contributed by atoms with van der Waals surface area (Å²) in [6.45, 7) is 2.34. The molecule has 0 aliphatic heterocycles. The minimum atomic E-state index is -0.578.